The number of nitriles is 2. The van der Waals surface area contributed by atoms with Crippen molar-refractivity contribution in [1.29, 1.82) is 10.5 Å². The number of hydrogen-bond acceptors (Lipinski definition) is 5. The second-order valence-electron chi connectivity index (χ2n) is 4.18. The van der Waals surface area contributed by atoms with Gasteiger partial charge in [0.15, 0.2) is 5.78 Å². The van der Waals surface area contributed by atoms with Gasteiger partial charge in [0, 0.05) is 16.1 Å². The van der Waals surface area contributed by atoms with Gasteiger partial charge < -0.3 is 0 Å². The fourth-order valence-electron chi connectivity index (χ4n) is 1.74. The molecular formula is C16H9ClN4O. The summed E-state index contributed by atoms with van der Waals surface area (Å²) in [4.78, 5) is 12.5. The molecule has 0 saturated heterocycles. The first-order valence-electron chi connectivity index (χ1n) is 6.19. The Labute approximate surface area is 132 Å². The van der Waals surface area contributed by atoms with Crippen molar-refractivity contribution in [3.05, 3.63) is 64.7 Å². The zero-order valence-electron chi connectivity index (χ0n) is 11.2. The number of nitrogens with one attached hydrogen (secondary N) is 1. The van der Waals surface area contributed by atoms with Crippen molar-refractivity contribution in [2.45, 2.75) is 0 Å². The third-order valence-corrected chi connectivity index (χ3v) is 3.00. The second-order valence-corrected chi connectivity index (χ2v) is 4.62. The van der Waals surface area contributed by atoms with Crippen LogP contribution >= 0.6 is 11.6 Å². The van der Waals surface area contributed by atoms with Crippen LogP contribution in [-0.2, 0) is 0 Å². The molecule has 0 spiro atoms. The summed E-state index contributed by atoms with van der Waals surface area (Å²) in [5.41, 5.74) is 3.38. The Morgan fingerprint density at radius 2 is 1.77 bits per heavy atom. The van der Waals surface area contributed by atoms with Crippen LogP contribution in [0.1, 0.15) is 15.9 Å². The molecule has 0 radical (unpaired) electrons. The standard InChI is InChI=1S/C16H9ClN4O/c17-12-6-7-15(21-20-13(9-18)10-19)14(8-12)16(22)11-4-2-1-3-5-11/h1-8,21H. The summed E-state index contributed by atoms with van der Waals surface area (Å²) in [7, 11) is 0. The van der Waals surface area contributed by atoms with Crippen molar-refractivity contribution in [1.82, 2.24) is 0 Å². The van der Waals surface area contributed by atoms with E-state index in [1.165, 1.54) is 6.07 Å². The van der Waals surface area contributed by atoms with Gasteiger partial charge >= 0.3 is 0 Å². The van der Waals surface area contributed by atoms with Gasteiger partial charge in [0.2, 0.25) is 5.71 Å². The quantitative estimate of drug-likeness (QED) is 0.532. The molecule has 1 N–H and O–H groups in total. The lowest BCUT2D eigenvalue weighted by molar-refractivity contribution is 0.103. The van der Waals surface area contributed by atoms with E-state index in [0.717, 1.165) is 0 Å². The number of ketones is 1. The van der Waals surface area contributed by atoms with Crippen molar-refractivity contribution < 1.29 is 4.79 Å². The topological polar surface area (TPSA) is 89.0 Å². The van der Waals surface area contributed by atoms with Crippen molar-refractivity contribution in [3.63, 3.8) is 0 Å². The first-order valence-corrected chi connectivity index (χ1v) is 6.56. The van der Waals surface area contributed by atoms with E-state index in [-0.39, 0.29) is 11.5 Å². The average molecular weight is 309 g/mol. The van der Waals surface area contributed by atoms with Gasteiger partial charge in [-0.15, -0.1) is 0 Å². The van der Waals surface area contributed by atoms with Crippen LogP contribution in [0.3, 0.4) is 0 Å². The molecule has 0 aliphatic heterocycles. The number of anilines is 1. The maximum Gasteiger partial charge on any atom is 0.237 e. The Balaban J connectivity index is 2.41. The number of hydrazone groups is 1. The number of benzene rings is 2. The van der Waals surface area contributed by atoms with Crippen LogP contribution in [0.15, 0.2) is 53.6 Å². The van der Waals surface area contributed by atoms with Gasteiger partial charge in [0.25, 0.3) is 0 Å². The number of carbonyl (C=O) groups is 1. The zero-order chi connectivity index (χ0) is 15.9. The molecule has 2 aromatic carbocycles. The van der Waals surface area contributed by atoms with Crippen LogP contribution in [0.4, 0.5) is 5.69 Å². The number of rotatable bonds is 4. The zero-order valence-corrected chi connectivity index (χ0v) is 12.0. The summed E-state index contributed by atoms with van der Waals surface area (Å²) in [6, 6.07) is 16.6. The molecule has 0 aliphatic rings. The van der Waals surface area contributed by atoms with Crippen molar-refractivity contribution in [2.24, 2.45) is 5.10 Å². The highest BCUT2D eigenvalue weighted by Gasteiger charge is 2.14. The van der Waals surface area contributed by atoms with Crippen molar-refractivity contribution in [3.8, 4) is 12.1 Å². The molecule has 0 heterocycles. The molecule has 22 heavy (non-hydrogen) atoms. The minimum absolute atomic E-state index is 0.240. The number of nitrogens with zero attached hydrogens (tertiary/aromatic N) is 3. The predicted octanol–water partition coefficient (Wildman–Crippen LogP) is 3.39. The van der Waals surface area contributed by atoms with E-state index in [1.54, 1.807) is 48.5 Å². The Morgan fingerprint density at radius 3 is 2.41 bits per heavy atom. The van der Waals surface area contributed by atoms with E-state index in [9.17, 15) is 4.79 Å². The first kappa shape index (κ1) is 15.2. The number of halogens is 1. The summed E-state index contributed by atoms with van der Waals surface area (Å²) in [6.07, 6.45) is 0. The second kappa shape index (κ2) is 7.03. The fraction of sp³-hybridized carbons (Fsp3) is 0. The van der Waals surface area contributed by atoms with Gasteiger partial charge in [-0.1, -0.05) is 41.9 Å². The van der Waals surface area contributed by atoms with E-state index >= 15 is 0 Å². The Bertz CT molecular complexity index is 800. The molecule has 5 nitrogen and oxygen atoms in total. The third kappa shape index (κ3) is 3.49. The summed E-state index contributed by atoms with van der Waals surface area (Å²) in [6.45, 7) is 0. The highest BCUT2D eigenvalue weighted by atomic mass is 35.5. The molecule has 0 fully saturated rings. The number of hydrogen-bond donors (Lipinski definition) is 1. The van der Waals surface area contributed by atoms with Crippen molar-refractivity contribution in [2.75, 3.05) is 5.43 Å². The monoisotopic (exact) mass is 308 g/mol. The van der Waals surface area contributed by atoms with Crippen LogP contribution in [-0.4, -0.2) is 11.5 Å². The van der Waals surface area contributed by atoms with Crippen LogP contribution < -0.4 is 5.43 Å². The van der Waals surface area contributed by atoms with Gasteiger partial charge in [-0.3, -0.25) is 10.2 Å². The van der Waals surface area contributed by atoms with Gasteiger partial charge in [-0.25, -0.2) is 0 Å². The van der Waals surface area contributed by atoms with Gasteiger partial charge in [0.1, 0.15) is 12.1 Å². The van der Waals surface area contributed by atoms with Gasteiger partial charge in [-0.2, -0.15) is 15.6 Å². The molecule has 2 rings (SSSR count). The Hall–Kier alpha value is -3.15. The predicted molar refractivity (Wildman–Crippen MR) is 83.6 cm³/mol. The average Bonchev–Trinajstić information content (AvgIpc) is 2.57. The molecule has 0 aliphatic carbocycles. The SMILES string of the molecule is N#CC(C#N)=NNc1ccc(Cl)cc1C(=O)c1ccccc1. The van der Waals surface area contributed by atoms with Crippen molar-refractivity contribution >= 4 is 28.8 Å². The lowest BCUT2D eigenvalue weighted by Crippen LogP contribution is -2.06. The smallest absolute Gasteiger partial charge is 0.237 e. The molecule has 0 aromatic heterocycles. The summed E-state index contributed by atoms with van der Waals surface area (Å²) >= 11 is 5.95. The van der Waals surface area contributed by atoms with E-state index in [4.69, 9.17) is 22.1 Å². The Morgan fingerprint density at radius 1 is 1.09 bits per heavy atom. The molecule has 6 heteroatoms. The minimum atomic E-state index is -0.340. The van der Waals surface area contributed by atoms with Crippen LogP contribution in [0.5, 0.6) is 0 Å². The molecule has 0 bridgehead atoms. The largest absolute Gasteiger partial charge is 0.289 e. The maximum atomic E-state index is 12.5. The maximum absolute atomic E-state index is 12.5. The molecule has 2 aromatic rings. The Kier molecular flexibility index (Phi) is 4.87. The number of carbonyl (C=O) groups excluding carboxylic acids is 1. The molecule has 0 unspecified atom stereocenters. The minimum Gasteiger partial charge on any atom is -0.289 e. The summed E-state index contributed by atoms with van der Waals surface area (Å²) in [5.74, 6) is -0.240. The molecule has 0 atom stereocenters. The summed E-state index contributed by atoms with van der Waals surface area (Å²) in [5, 5.41) is 21.4. The van der Waals surface area contributed by atoms with E-state index in [1.807, 2.05) is 6.07 Å². The summed E-state index contributed by atoms with van der Waals surface area (Å²) < 4.78 is 0. The van der Waals surface area contributed by atoms with Gasteiger partial charge in [-0.05, 0) is 18.2 Å². The lowest BCUT2D eigenvalue weighted by Gasteiger charge is -2.08. The molecule has 106 valence electrons. The van der Waals surface area contributed by atoms with E-state index in [2.05, 4.69) is 10.5 Å². The van der Waals surface area contributed by atoms with Gasteiger partial charge in [0.05, 0.1) is 5.69 Å². The molecular weight excluding hydrogens is 300 g/mol. The fourth-order valence-corrected chi connectivity index (χ4v) is 1.91. The normalized spacial score (nSPS) is 9.23. The molecule has 0 amide bonds. The van der Waals surface area contributed by atoms with E-state index < -0.39 is 0 Å². The highest BCUT2D eigenvalue weighted by molar-refractivity contribution is 6.31. The lowest BCUT2D eigenvalue weighted by atomic mass is 10.0. The van der Waals surface area contributed by atoms with E-state index in [0.29, 0.717) is 21.8 Å². The highest BCUT2D eigenvalue weighted by Crippen LogP contribution is 2.23. The van der Waals surface area contributed by atoms with Crippen LogP contribution in [0.25, 0.3) is 0 Å². The molecule has 0 saturated carbocycles. The first-order chi connectivity index (χ1) is 10.7. The van der Waals surface area contributed by atoms with Crippen LogP contribution in [0, 0.1) is 22.7 Å². The third-order valence-electron chi connectivity index (χ3n) is 2.76. The van der Waals surface area contributed by atoms with Crippen LogP contribution in [0.2, 0.25) is 5.02 Å².